The quantitative estimate of drug-likeness (QED) is 0.695. The normalized spacial score (nSPS) is 15.8. The first kappa shape index (κ1) is 17.9. The van der Waals surface area contributed by atoms with Crippen LogP contribution in [0, 0.1) is 0 Å². The highest BCUT2D eigenvalue weighted by molar-refractivity contribution is 7.99. The van der Waals surface area contributed by atoms with Gasteiger partial charge in [-0.25, -0.2) is 13.6 Å². The van der Waals surface area contributed by atoms with Crippen LogP contribution in [0.4, 0.5) is 0 Å². The summed E-state index contributed by atoms with van der Waals surface area (Å²) in [6.45, 7) is 1.81. The van der Waals surface area contributed by atoms with Crippen LogP contribution in [0.2, 0.25) is 0 Å². The second kappa shape index (κ2) is 7.14. The van der Waals surface area contributed by atoms with Crippen molar-refractivity contribution in [2.45, 2.75) is 41.8 Å². The molecule has 1 aliphatic rings. The zero-order valence-corrected chi connectivity index (χ0v) is 15.1. The van der Waals surface area contributed by atoms with Gasteiger partial charge in [0.2, 0.25) is 21.8 Å². The topological polar surface area (TPSA) is 128 Å². The van der Waals surface area contributed by atoms with Gasteiger partial charge < -0.3 is 9.73 Å². The molecule has 1 saturated carbocycles. The Morgan fingerprint density at radius 2 is 2.04 bits per heavy atom. The maximum atomic E-state index is 12.0. The van der Waals surface area contributed by atoms with Crippen LogP contribution in [0.25, 0.3) is 0 Å². The average molecular weight is 382 g/mol. The Morgan fingerprint density at radius 3 is 2.64 bits per heavy atom. The van der Waals surface area contributed by atoms with Crippen molar-refractivity contribution in [1.82, 2.24) is 15.5 Å². The SMILES string of the molecule is CC(NC(=O)CSc1nnc(C2CC2)o1)c1ccc(S(N)(=O)=O)cc1. The van der Waals surface area contributed by atoms with E-state index in [0.29, 0.717) is 17.0 Å². The molecule has 134 valence electrons. The molecule has 0 bridgehead atoms. The molecule has 1 amide bonds. The number of hydrogen-bond donors (Lipinski definition) is 2. The molecule has 1 heterocycles. The molecule has 3 rings (SSSR count). The van der Waals surface area contributed by atoms with Crippen molar-refractivity contribution in [2.24, 2.45) is 5.14 Å². The fourth-order valence-corrected chi connectivity index (χ4v) is 3.31. The molecule has 1 aromatic heterocycles. The second-order valence-electron chi connectivity index (χ2n) is 5.87. The van der Waals surface area contributed by atoms with Crippen LogP contribution in [0.3, 0.4) is 0 Å². The molecule has 1 aromatic carbocycles. The minimum absolute atomic E-state index is 0.0354. The summed E-state index contributed by atoms with van der Waals surface area (Å²) >= 11 is 1.19. The maximum absolute atomic E-state index is 12.0. The number of thioether (sulfide) groups is 1. The number of nitrogens with zero attached hydrogens (tertiary/aromatic N) is 2. The minimum Gasteiger partial charge on any atom is -0.416 e. The van der Waals surface area contributed by atoms with Crippen molar-refractivity contribution in [3.8, 4) is 0 Å². The van der Waals surface area contributed by atoms with Gasteiger partial charge in [-0.2, -0.15) is 0 Å². The van der Waals surface area contributed by atoms with E-state index < -0.39 is 10.0 Å². The van der Waals surface area contributed by atoms with E-state index in [1.54, 1.807) is 12.1 Å². The van der Waals surface area contributed by atoms with Gasteiger partial charge in [-0.15, -0.1) is 10.2 Å². The van der Waals surface area contributed by atoms with E-state index in [1.165, 1.54) is 23.9 Å². The van der Waals surface area contributed by atoms with Crippen molar-refractivity contribution < 1.29 is 17.6 Å². The summed E-state index contributed by atoms with van der Waals surface area (Å²) in [4.78, 5) is 12.1. The molecule has 1 atom stereocenters. The lowest BCUT2D eigenvalue weighted by molar-refractivity contribution is -0.119. The molecule has 0 spiro atoms. The monoisotopic (exact) mass is 382 g/mol. The Kier molecular flexibility index (Phi) is 5.11. The van der Waals surface area contributed by atoms with E-state index in [4.69, 9.17) is 9.56 Å². The van der Waals surface area contributed by atoms with Crippen LogP contribution < -0.4 is 10.5 Å². The standard InChI is InChI=1S/C15H18N4O4S2/c1-9(10-4-6-12(7-5-10)25(16,21)22)17-13(20)8-24-15-19-18-14(23-15)11-2-3-11/h4-7,9,11H,2-3,8H2,1H3,(H,17,20)(H2,16,21,22). The number of sulfonamides is 1. The molecule has 8 nitrogen and oxygen atoms in total. The molecule has 1 unspecified atom stereocenters. The molecule has 2 aromatic rings. The van der Waals surface area contributed by atoms with Crippen molar-refractivity contribution in [3.63, 3.8) is 0 Å². The first-order valence-electron chi connectivity index (χ1n) is 7.71. The van der Waals surface area contributed by atoms with Crippen molar-refractivity contribution in [3.05, 3.63) is 35.7 Å². The van der Waals surface area contributed by atoms with Gasteiger partial charge in [0.25, 0.3) is 5.22 Å². The van der Waals surface area contributed by atoms with Crippen LogP contribution in [-0.2, 0) is 14.8 Å². The smallest absolute Gasteiger partial charge is 0.277 e. The number of benzene rings is 1. The number of aromatic nitrogens is 2. The van der Waals surface area contributed by atoms with Crippen LogP contribution in [0.5, 0.6) is 0 Å². The lowest BCUT2D eigenvalue weighted by Crippen LogP contribution is -2.28. The predicted molar refractivity (Wildman–Crippen MR) is 91.4 cm³/mol. The Labute approximate surface area is 149 Å². The summed E-state index contributed by atoms with van der Waals surface area (Å²) in [5.41, 5.74) is 0.777. The second-order valence-corrected chi connectivity index (χ2v) is 8.36. The molecule has 10 heteroatoms. The third-order valence-electron chi connectivity index (χ3n) is 3.76. The first-order chi connectivity index (χ1) is 11.8. The number of amides is 1. The van der Waals surface area contributed by atoms with Gasteiger partial charge in [-0.3, -0.25) is 4.79 Å². The zero-order valence-electron chi connectivity index (χ0n) is 13.5. The van der Waals surface area contributed by atoms with Gasteiger partial charge in [0.05, 0.1) is 16.7 Å². The van der Waals surface area contributed by atoms with Gasteiger partial charge in [-0.05, 0) is 37.5 Å². The highest BCUT2D eigenvalue weighted by Gasteiger charge is 2.29. The third-order valence-corrected chi connectivity index (χ3v) is 5.51. The molecule has 1 aliphatic carbocycles. The summed E-state index contributed by atoms with van der Waals surface area (Å²) in [7, 11) is -3.72. The number of carbonyl (C=O) groups is 1. The summed E-state index contributed by atoms with van der Waals surface area (Å²) in [6, 6.07) is 5.81. The van der Waals surface area contributed by atoms with Crippen molar-refractivity contribution >= 4 is 27.7 Å². The Balaban J connectivity index is 1.51. The number of hydrogen-bond acceptors (Lipinski definition) is 7. The number of nitrogens with two attached hydrogens (primary N) is 1. The van der Waals surface area contributed by atoms with E-state index in [2.05, 4.69) is 15.5 Å². The summed E-state index contributed by atoms with van der Waals surface area (Å²) in [6.07, 6.45) is 2.16. The molecule has 3 N–H and O–H groups in total. The maximum Gasteiger partial charge on any atom is 0.277 e. The van der Waals surface area contributed by atoms with Gasteiger partial charge in [-0.1, -0.05) is 23.9 Å². The summed E-state index contributed by atoms with van der Waals surface area (Å²) in [5, 5.41) is 16.2. The van der Waals surface area contributed by atoms with Gasteiger partial charge in [0, 0.05) is 5.92 Å². The molecular formula is C15H18N4O4S2. The number of nitrogens with one attached hydrogen (secondary N) is 1. The number of primary sulfonamides is 1. The van der Waals surface area contributed by atoms with Gasteiger partial charge in [0.1, 0.15) is 0 Å². The molecule has 25 heavy (non-hydrogen) atoms. The van der Waals surface area contributed by atoms with E-state index in [0.717, 1.165) is 18.4 Å². The first-order valence-corrected chi connectivity index (χ1v) is 10.2. The molecule has 1 fully saturated rings. The van der Waals surface area contributed by atoms with Crippen LogP contribution in [0.15, 0.2) is 38.8 Å². The Hall–Kier alpha value is -1.91. The molecular weight excluding hydrogens is 364 g/mol. The highest BCUT2D eigenvalue weighted by Crippen LogP contribution is 2.39. The van der Waals surface area contributed by atoms with Crippen LogP contribution in [0.1, 0.15) is 43.2 Å². The number of carbonyl (C=O) groups excluding carboxylic acids is 1. The summed E-state index contributed by atoms with van der Waals surface area (Å²) < 4.78 is 28.0. The fraction of sp³-hybridized carbons (Fsp3) is 0.400. The van der Waals surface area contributed by atoms with Crippen LogP contribution in [-0.4, -0.2) is 30.3 Å². The van der Waals surface area contributed by atoms with E-state index in [-0.39, 0.29) is 22.6 Å². The van der Waals surface area contributed by atoms with Crippen molar-refractivity contribution in [2.75, 3.05) is 5.75 Å². The largest absolute Gasteiger partial charge is 0.416 e. The number of rotatable bonds is 7. The molecule has 0 saturated heterocycles. The van der Waals surface area contributed by atoms with Crippen LogP contribution >= 0.6 is 11.8 Å². The minimum atomic E-state index is -3.72. The summed E-state index contributed by atoms with van der Waals surface area (Å²) in [5.74, 6) is 1.01. The molecule has 0 aliphatic heterocycles. The van der Waals surface area contributed by atoms with Gasteiger partial charge >= 0.3 is 0 Å². The Bertz CT molecular complexity index is 860. The average Bonchev–Trinajstić information content (AvgIpc) is 3.31. The third kappa shape index (κ3) is 4.80. The lowest BCUT2D eigenvalue weighted by Gasteiger charge is -2.14. The zero-order chi connectivity index (χ0) is 18.0. The van der Waals surface area contributed by atoms with E-state index in [1.807, 2.05) is 6.92 Å². The Morgan fingerprint density at radius 1 is 1.36 bits per heavy atom. The predicted octanol–water partition coefficient (Wildman–Crippen LogP) is 1.56. The lowest BCUT2D eigenvalue weighted by atomic mass is 10.1. The van der Waals surface area contributed by atoms with E-state index >= 15 is 0 Å². The van der Waals surface area contributed by atoms with Crippen molar-refractivity contribution in [1.29, 1.82) is 0 Å². The van der Waals surface area contributed by atoms with Gasteiger partial charge in [0.15, 0.2) is 0 Å². The highest BCUT2D eigenvalue weighted by atomic mass is 32.2. The molecule has 0 radical (unpaired) electrons. The fourth-order valence-electron chi connectivity index (χ4n) is 2.21. The van der Waals surface area contributed by atoms with E-state index in [9.17, 15) is 13.2 Å².